The Balaban J connectivity index is 1.67. The number of hydrogen-bond acceptors (Lipinski definition) is 5. The van der Waals surface area contributed by atoms with Gasteiger partial charge in [0.05, 0.1) is 11.5 Å². The zero-order valence-corrected chi connectivity index (χ0v) is 19.7. The molecule has 2 atom stereocenters. The number of carbonyl (C=O) groups is 3. The minimum Gasteiger partial charge on any atom is -0.340 e. The van der Waals surface area contributed by atoms with Crippen LogP contribution in [-0.2, 0) is 25.0 Å². The van der Waals surface area contributed by atoms with Crippen LogP contribution >= 0.6 is 0 Å². The van der Waals surface area contributed by atoms with Crippen LogP contribution in [0.2, 0.25) is 0 Å². The highest BCUT2D eigenvalue weighted by Gasteiger charge is 2.54. The highest BCUT2D eigenvalue weighted by atomic mass is 32.2. The maximum Gasteiger partial charge on any atom is 0.326 e. The lowest BCUT2D eigenvalue weighted by Crippen LogP contribution is -2.47. The van der Waals surface area contributed by atoms with Gasteiger partial charge in [0.1, 0.15) is 6.54 Å². The number of nitrogens with one attached hydrogen (secondary N) is 1. The van der Waals surface area contributed by atoms with Gasteiger partial charge in [0.2, 0.25) is 5.91 Å². The normalized spacial score (nSPS) is 24.1. The van der Waals surface area contributed by atoms with E-state index in [0.717, 1.165) is 16.0 Å². The molecule has 0 unspecified atom stereocenters. The van der Waals surface area contributed by atoms with Crippen molar-refractivity contribution in [1.29, 1.82) is 0 Å². The Morgan fingerprint density at radius 2 is 1.79 bits per heavy atom. The summed E-state index contributed by atoms with van der Waals surface area (Å²) in [6.45, 7) is 3.44. The van der Waals surface area contributed by atoms with Crippen molar-refractivity contribution in [3.8, 4) is 0 Å². The minimum absolute atomic E-state index is 0.0301. The fourth-order valence-corrected chi connectivity index (χ4v) is 6.25. The van der Waals surface area contributed by atoms with E-state index in [1.165, 1.54) is 11.9 Å². The summed E-state index contributed by atoms with van der Waals surface area (Å²) in [4.78, 5) is 42.0. The van der Waals surface area contributed by atoms with Crippen LogP contribution in [0, 0.1) is 13.8 Å². The summed E-state index contributed by atoms with van der Waals surface area (Å²) in [7, 11) is -1.66. The number of urea groups is 1. The number of benzene rings is 2. The summed E-state index contributed by atoms with van der Waals surface area (Å²) in [5, 5.41) is 2.84. The van der Waals surface area contributed by atoms with E-state index in [2.05, 4.69) is 5.32 Å². The Morgan fingerprint density at radius 3 is 2.39 bits per heavy atom. The maximum absolute atomic E-state index is 13.8. The molecule has 2 aliphatic rings. The first-order valence-electron chi connectivity index (χ1n) is 10.8. The van der Waals surface area contributed by atoms with Crippen LogP contribution in [0.3, 0.4) is 0 Å². The Morgan fingerprint density at radius 1 is 1.09 bits per heavy atom. The molecular weight excluding hydrogens is 442 g/mol. The molecule has 0 saturated carbocycles. The molecule has 2 saturated heterocycles. The molecule has 2 fully saturated rings. The van der Waals surface area contributed by atoms with E-state index in [9.17, 15) is 22.8 Å². The lowest BCUT2D eigenvalue weighted by atomic mass is 9.81. The van der Waals surface area contributed by atoms with Crippen molar-refractivity contribution in [2.75, 3.05) is 25.1 Å². The van der Waals surface area contributed by atoms with Crippen molar-refractivity contribution >= 4 is 27.7 Å². The largest absolute Gasteiger partial charge is 0.340 e. The van der Waals surface area contributed by atoms with E-state index < -0.39 is 45.8 Å². The molecule has 4 amide bonds. The molecule has 0 spiro atoms. The summed E-state index contributed by atoms with van der Waals surface area (Å²) < 4.78 is 23.6. The molecule has 0 bridgehead atoms. The second-order valence-corrected chi connectivity index (χ2v) is 11.0. The molecule has 0 aromatic heterocycles. The fourth-order valence-electron chi connectivity index (χ4n) is 4.47. The quantitative estimate of drug-likeness (QED) is 0.672. The summed E-state index contributed by atoms with van der Waals surface area (Å²) >= 11 is 0. The number of rotatable bonds is 5. The summed E-state index contributed by atoms with van der Waals surface area (Å²) in [6.07, 6.45) is 0.349. The van der Waals surface area contributed by atoms with Gasteiger partial charge in [-0.1, -0.05) is 48.5 Å². The Bertz CT molecular complexity index is 1230. The number of nitrogens with zero attached hydrogens (tertiary/aromatic N) is 2. The SMILES string of the molecule is Cc1ccc([C@]2(c3ccccc3)NC(=O)N(CC(=O)N(C)[C@@H]3CCS(=O)(=O)C3)C2=O)cc1C. The average Bonchev–Trinajstić information content (AvgIpc) is 3.27. The fraction of sp³-hybridized carbons (Fsp3) is 0.375. The Kier molecular flexibility index (Phi) is 5.78. The molecule has 8 nitrogen and oxygen atoms in total. The van der Waals surface area contributed by atoms with E-state index in [-0.39, 0.29) is 11.5 Å². The highest BCUT2D eigenvalue weighted by Crippen LogP contribution is 2.37. The molecule has 2 heterocycles. The summed E-state index contributed by atoms with van der Waals surface area (Å²) in [5.41, 5.74) is 1.78. The number of hydrogen-bond donors (Lipinski definition) is 1. The molecule has 0 radical (unpaired) electrons. The van der Waals surface area contributed by atoms with Gasteiger partial charge in [-0.2, -0.15) is 0 Å². The lowest BCUT2D eigenvalue weighted by Gasteiger charge is -2.29. The van der Waals surface area contributed by atoms with Crippen molar-refractivity contribution in [2.24, 2.45) is 0 Å². The van der Waals surface area contributed by atoms with Crippen molar-refractivity contribution in [3.63, 3.8) is 0 Å². The third-order valence-electron chi connectivity index (χ3n) is 6.70. The predicted molar refractivity (Wildman–Crippen MR) is 123 cm³/mol. The molecule has 0 aliphatic carbocycles. The Labute approximate surface area is 193 Å². The molecule has 1 N–H and O–H groups in total. The molecule has 2 aliphatic heterocycles. The topological polar surface area (TPSA) is 104 Å². The second kappa shape index (κ2) is 8.30. The van der Waals surface area contributed by atoms with Gasteiger partial charge in [0.15, 0.2) is 15.4 Å². The molecule has 9 heteroatoms. The van der Waals surface area contributed by atoms with Gasteiger partial charge in [-0.3, -0.25) is 14.5 Å². The number of aryl methyl sites for hydroxylation is 2. The van der Waals surface area contributed by atoms with Gasteiger partial charge in [0, 0.05) is 13.1 Å². The molecule has 2 aromatic rings. The third-order valence-corrected chi connectivity index (χ3v) is 8.45. The molecular formula is C24H27N3O5S. The first kappa shape index (κ1) is 23.0. The van der Waals surface area contributed by atoms with Gasteiger partial charge < -0.3 is 10.2 Å². The zero-order valence-electron chi connectivity index (χ0n) is 18.9. The zero-order chi connectivity index (χ0) is 24.0. The smallest absolute Gasteiger partial charge is 0.326 e. The van der Waals surface area contributed by atoms with E-state index in [1.807, 2.05) is 38.1 Å². The molecule has 174 valence electrons. The number of likely N-dealkylation sites (N-methyl/N-ethyl adjacent to an activating group) is 1. The van der Waals surface area contributed by atoms with E-state index >= 15 is 0 Å². The van der Waals surface area contributed by atoms with Crippen molar-refractivity contribution in [2.45, 2.75) is 31.8 Å². The van der Waals surface area contributed by atoms with Gasteiger partial charge in [-0.05, 0) is 42.5 Å². The lowest BCUT2D eigenvalue weighted by molar-refractivity contribution is -0.138. The van der Waals surface area contributed by atoms with Gasteiger partial charge >= 0.3 is 6.03 Å². The first-order valence-corrected chi connectivity index (χ1v) is 12.6. The van der Waals surface area contributed by atoms with E-state index in [1.54, 1.807) is 24.3 Å². The van der Waals surface area contributed by atoms with Crippen LogP contribution < -0.4 is 5.32 Å². The highest BCUT2D eigenvalue weighted by molar-refractivity contribution is 7.91. The van der Waals surface area contributed by atoms with E-state index in [0.29, 0.717) is 17.5 Å². The third kappa shape index (κ3) is 4.01. The number of imide groups is 1. The maximum atomic E-state index is 13.8. The second-order valence-electron chi connectivity index (χ2n) is 8.80. The first-order chi connectivity index (χ1) is 15.5. The number of sulfone groups is 1. The van der Waals surface area contributed by atoms with Crippen molar-refractivity contribution in [3.05, 3.63) is 70.8 Å². The summed E-state index contributed by atoms with van der Waals surface area (Å²) in [6, 6.07) is 13.4. The van der Waals surface area contributed by atoms with Crippen LogP contribution in [0.25, 0.3) is 0 Å². The van der Waals surface area contributed by atoms with Gasteiger partial charge in [-0.25, -0.2) is 13.2 Å². The van der Waals surface area contributed by atoms with Gasteiger partial charge in [-0.15, -0.1) is 0 Å². The van der Waals surface area contributed by atoms with Crippen molar-refractivity contribution in [1.82, 2.24) is 15.1 Å². The Hall–Kier alpha value is -3.20. The number of carbonyl (C=O) groups excluding carboxylic acids is 3. The van der Waals surface area contributed by atoms with Crippen LogP contribution in [0.5, 0.6) is 0 Å². The van der Waals surface area contributed by atoms with Crippen LogP contribution in [-0.4, -0.2) is 67.2 Å². The molecule has 33 heavy (non-hydrogen) atoms. The van der Waals surface area contributed by atoms with E-state index in [4.69, 9.17) is 0 Å². The van der Waals surface area contributed by atoms with Gasteiger partial charge in [0.25, 0.3) is 5.91 Å². The molecule has 2 aromatic carbocycles. The van der Waals surface area contributed by atoms with Crippen LogP contribution in [0.4, 0.5) is 4.79 Å². The average molecular weight is 470 g/mol. The molecule has 4 rings (SSSR count). The predicted octanol–water partition coefficient (Wildman–Crippen LogP) is 1.74. The summed E-state index contributed by atoms with van der Waals surface area (Å²) in [5.74, 6) is -1.10. The van der Waals surface area contributed by atoms with Crippen LogP contribution in [0.1, 0.15) is 28.7 Å². The standard InChI is InChI=1S/C24H27N3O5S/c1-16-9-10-19(13-17(16)2)24(18-7-5-4-6-8-18)22(29)27(23(30)25-24)14-21(28)26(3)20-11-12-33(31,32)15-20/h4-10,13,20H,11-12,14-15H2,1-3H3,(H,25,30)/t20-,24+/m1/s1. The van der Waals surface area contributed by atoms with Crippen LogP contribution in [0.15, 0.2) is 48.5 Å². The van der Waals surface area contributed by atoms with Crippen molar-refractivity contribution < 1.29 is 22.8 Å². The minimum atomic E-state index is -3.17. The monoisotopic (exact) mass is 469 g/mol. The number of amides is 4.